The Morgan fingerprint density at radius 3 is 2.56 bits per heavy atom. The van der Waals surface area contributed by atoms with Crippen molar-refractivity contribution in [2.45, 2.75) is 37.3 Å². The van der Waals surface area contributed by atoms with Crippen LogP contribution in [0.1, 0.15) is 5.69 Å². The van der Waals surface area contributed by atoms with E-state index in [1.807, 2.05) is 30.3 Å². The van der Waals surface area contributed by atoms with Gasteiger partial charge in [0, 0.05) is 12.7 Å². The second-order valence-corrected chi connectivity index (χ2v) is 6.19. The minimum Gasteiger partial charge on any atom is -0.394 e. The van der Waals surface area contributed by atoms with Crippen LogP contribution < -0.4 is 5.73 Å². The number of anilines is 1. The number of hydrogen-bond donors (Lipinski definition) is 4. The number of nitrogens with two attached hydrogens (primary N) is 1. The molecule has 146 valence electrons. The molecule has 0 aliphatic carbocycles. The van der Waals surface area contributed by atoms with Crippen molar-refractivity contribution in [1.82, 2.24) is 9.97 Å². The van der Waals surface area contributed by atoms with Gasteiger partial charge in [-0.25, -0.2) is 9.97 Å². The highest BCUT2D eigenvalue weighted by Gasteiger charge is 2.45. The highest BCUT2D eigenvalue weighted by molar-refractivity contribution is 5.60. The summed E-state index contributed by atoms with van der Waals surface area (Å²) in [5.74, 6) is 0.0889. The fourth-order valence-electron chi connectivity index (χ4n) is 2.98. The molecule has 1 aromatic carbocycles. The van der Waals surface area contributed by atoms with Gasteiger partial charge in [0.05, 0.1) is 24.6 Å². The average molecular weight is 377 g/mol. The third kappa shape index (κ3) is 4.41. The SMILES string of the molecule is CO[C@@H]1O[C@H](CO)[C@H](O)[C@H](OCc2cc(-c3ccccc3)nc(N)n2)[C@H]1O. The largest absolute Gasteiger partial charge is 0.394 e. The molecule has 0 spiro atoms. The molecule has 0 bridgehead atoms. The van der Waals surface area contributed by atoms with E-state index in [4.69, 9.17) is 19.9 Å². The smallest absolute Gasteiger partial charge is 0.220 e. The Balaban J connectivity index is 1.76. The minimum absolute atomic E-state index is 0.0279. The number of nitrogens with zero attached hydrogens (tertiary/aromatic N) is 2. The predicted octanol–water partition coefficient (Wildman–Crippen LogP) is -0.304. The molecule has 9 nitrogen and oxygen atoms in total. The van der Waals surface area contributed by atoms with Crippen LogP contribution in [0.25, 0.3) is 11.3 Å². The fourth-order valence-corrected chi connectivity index (χ4v) is 2.98. The van der Waals surface area contributed by atoms with Gasteiger partial charge in [-0.15, -0.1) is 0 Å². The van der Waals surface area contributed by atoms with Gasteiger partial charge in [0.2, 0.25) is 5.95 Å². The average Bonchev–Trinajstić information content (AvgIpc) is 2.68. The number of rotatable bonds is 6. The quantitative estimate of drug-likeness (QED) is 0.534. The van der Waals surface area contributed by atoms with E-state index in [0.717, 1.165) is 5.56 Å². The Morgan fingerprint density at radius 1 is 1.15 bits per heavy atom. The zero-order chi connectivity index (χ0) is 19.4. The molecule has 0 radical (unpaired) electrons. The monoisotopic (exact) mass is 377 g/mol. The molecule has 0 amide bonds. The normalized spacial score (nSPS) is 28.2. The number of ether oxygens (including phenoxy) is 3. The van der Waals surface area contributed by atoms with E-state index in [1.165, 1.54) is 7.11 Å². The molecule has 2 heterocycles. The van der Waals surface area contributed by atoms with Crippen LogP contribution in [-0.2, 0) is 20.8 Å². The first-order valence-corrected chi connectivity index (χ1v) is 8.49. The van der Waals surface area contributed by atoms with Gasteiger partial charge >= 0.3 is 0 Å². The molecule has 1 saturated heterocycles. The lowest BCUT2D eigenvalue weighted by Crippen LogP contribution is -2.59. The molecule has 5 N–H and O–H groups in total. The van der Waals surface area contributed by atoms with Crippen LogP contribution in [0, 0.1) is 0 Å². The number of benzene rings is 1. The van der Waals surface area contributed by atoms with Crippen molar-refractivity contribution in [2.75, 3.05) is 19.5 Å². The van der Waals surface area contributed by atoms with Crippen LogP contribution in [0.3, 0.4) is 0 Å². The zero-order valence-electron chi connectivity index (χ0n) is 14.8. The van der Waals surface area contributed by atoms with Crippen LogP contribution in [0.15, 0.2) is 36.4 Å². The standard InChI is InChI=1S/C18H23N3O6/c1-25-17-15(24)16(14(23)13(8-22)27-17)26-9-11-7-12(21-18(19)20-11)10-5-3-2-4-6-10/h2-7,13-17,22-24H,8-9H2,1H3,(H2,19,20,21)/t13-,14+,15-,16+,17-/m1/s1. The molecular weight excluding hydrogens is 354 g/mol. The lowest BCUT2D eigenvalue weighted by Gasteiger charge is -2.41. The van der Waals surface area contributed by atoms with Crippen LogP contribution in [0.2, 0.25) is 0 Å². The van der Waals surface area contributed by atoms with Crippen LogP contribution in [-0.4, -0.2) is 69.7 Å². The van der Waals surface area contributed by atoms with E-state index in [-0.39, 0.29) is 12.6 Å². The Labute approximate surface area is 156 Å². The summed E-state index contributed by atoms with van der Waals surface area (Å²) in [6.07, 6.45) is -5.45. The summed E-state index contributed by atoms with van der Waals surface area (Å²) >= 11 is 0. The van der Waals surface area contributed by atoms with E-state index in [1.54, 1.807) is 6.07 Å². The molecule has 1 aliphatic rings. The first-order valence-electron chi connectivity index (χ1n) is 8.49. The summed E-state index contributed by atoms with van der Waals surface area (Å²) in [5.41, 5.74) is 7.80. The predicted molar refractivity (Wildman–Crippen MR) is 95.2 cm³/mol. The van der Waals surface area contributed by atoms with E-state index in [2.05, 4.69) is 9.97 Å². The molecule has 5 atom stereocenters. The van der Waals surface area contributed by atoms with Crippen molar-refractivity contribution >= 4 is 5.95 Å². The summed E-state index contributed by atoms with van der Waals surface area (Å²) in [6, 6.07) is 11.2. The molecule has 3 rings (SSSR count). The maximum Gasteiger partial charge on any atom is 0.220 e. The van der Waals surface area contributed by atoms with Gasteiger partial charge in [-0.1, -0.05) is 30.3 Å². The fraction of sp³-hybridized carbons (Fsp3) is 0.444. The lowest BCUT2D eigenvalue weighted by atomic mass is 9.99. The van der Waals surface area contributed by atoms with Crippen LogP contribution in [0.4, 0.5) is 5.95 Å². The van der Waals surface area contributed by atoms with Gasteiger partial charge in [-0.3, -0.25) is 0 Å². The molecule has 0 saturated carbocycles. The summed E-state index contributed by atoms with van der Waals surface area (Å²) in [6.45, 7) is -0.466. The number of hydrogen-bond acceptors (Lipinski definition) is 9. The number of aliphatic hydroxyl groups excluding tert-OH is 3. The minimum atomic E-state index is -1.24. The van der Waals surface area contributed by atoms with E-state index < -0.39 is 37.3 Å². The van der Waals surface area contributed by atoms with Crippen molar-refractivity contribution in [1.29, 1.82) is 0 Å². The van der Waals surface area contributed by atoms with Gasteiger partial charge in [0.1, 0.15) is 24.4 Å². The van der Waals surface area contributed by atoms with Gasteiger partial charge in [-0.05, 0) is 6.07 Å². The van der Waals surface area contributed by atoms with Crippen LogP contribution >= 0.6 is 0 Å². The van der Waals surface area contributed by atoms with Crippen molar-refractivity contribution < 1.29 is 29.5 Å². The van der Waals surface area contributed by atoms with E-state index >= 15 is 0 Å². The Kier molecular flexibility index (Phi) is 6.32. The summed E-state index contributed by atoms with van der Waals surface area (Å²) in [7, 11) is 1.36. The number of nitrogen functional groups attached to an aromatic ring is 1. The topological polar surface area (TPSA) is 140 Å². The maximum atomic E-state index is 10.3. The summed E-state index contributed by atoms with van der Waals surface area (Å²) in [4.78, 5) is 8.36. The third-order valence-corrected chi connectivity index (χ3v) is 4.34. The molecule has 9 heteroatoms. The summed E-state index contributed by atoms with van der Waals surface area (Å²) in [5, 5.41) is 29.9. The van der Waals surface area contributed by atoms with Gasteiger partial charge in [-0.2, -0.15) is 0 Å². The molecule has 1 aromatic heterocycles. The highest BCUT2D eigenvalue weighted by Crippen LogP contribution is 2.25. The van der Waals surface area contributed by atoms with Crippen molar-refractivity contribution in [3.05, 3.63) is 42.1 Å². The molecule has 1 fully saturated rings. The highest BCUT2D eigenvalue weighted by atomic mass is 16.7. The van der Waals surface area contributed by atoms with Crippen molar-refractivity contribution in [3.8, 4) is 11.3 Å². The van der Waals surface area contributed by atoms with Gasteiger partial charge in [0.25, 0.3) is 0 Å². The van der Waals surface area contributed by atoms with Crippen molar-refractivity contribution in [3.63, 3.8) is 0 Å². The maximum absolute atomic E-state index is 10.3. The Morgan fingerprint density at radius 2 is 1.89 bits per heavy atom. The first kappa shape index (κ1) is 19.6. The first-order chi connectivity index (χ1) is 13.0. The second-order valence-electron chi connectivity index (χ2n) is 6.19. The van der Waals surface area contributed by atoms with E-state index in [0.29, 0.717) is 11.4 Å². The number of methoxy groups -OCH3 is 1. The molecular formula is C18H23N3O6. The molecule has 2 aromatic rings. The lowest BCUT2D eigenvalue weighted by molar-refractivity contribution is -0.303. The van der Waals surface area contributed by atoms with Gasteiger partial charge in [0.15, 0.2) is 6.29 Å². The Bertz CT molecular complexity index is 731. The van der Waals surface area contributed by atoms with Crippen molar-refractivity contribution in [2.24, 2.45) is 0 Å². The Hall–Kier alpha value is -2.14. The second kappa shape index (κ2) is 8.70. The zero-order valence-corrected chi connectivity index (χ0v) is 14.8. The van der Waals surface area contributed by atoms with Crippen LogP contribution in [0.5, 0.6) is 0 Å². The number of aliphatic hydroxyl groups is 3. The number of aromatic nitrogens is 2. The molecule has 27 heavy (non-hydrogen) atoms. The third-order valence-electron chi connectivity index (χ3n) is 4.34. The van der Waals surface area contributed by atoms with Gasteiger partial charge < -0.3 is 35.3 Å². The van der Waals surface area contributed by atoms with E-state index in [9.17, 15) is 15.3 Å². The molecule has 1 aliphatic heterocycles. The molecule has 0 unspecified atom stereocenters. The summed E-state index contributed by atoms with van der Waals surface area (Å²) < 4.78 is 16.0.